The smallest absolute Gasteiger partial charge is 0.323 e. The molecule has 4 nitrogen and oxygen atoms in total. The number of benzene rings is 1. The van der Waals surface area contributed by atoms with Gasteiger partial charge in [-0.2, -0.15) is 0 Å². The molecule has 0 fully saturated rings. The molecule has 1 N–H and O–H groups in total. The molecular weight excluding hydrogens is 249 g/mol. The molecule has 0 heterocycles. The van der Waals surface area contributed by atoms with Gasteiger partial charge in [0.2, 0.25) is 5.91 Å². The summed E-state index contributed by atoms with van der Waals surface area (Å²) in [6.45, 7) is 1.59. The van der Waals surface area contributed by atoms with Crippen LogP contribution in [0.2, 0.25) is 0 Å². The first-order valence-corrected chi connectivity index (χ1v) is 6.08. The van der Waals surface area contributed by atoms with E-state index in [1.54, 1.807) is 6.07 Å². The van der Waals surface area contributed by atoms with E-state index in [0.29, 0.717) is 6.42 Å². The van der Waals surface area contributed by atoms with E-state index < -0.39 is 5.97 Å². The molecule has 1 rings (SSSR count). The number of nitrogens with zero attached hydrogens (tertiary/aromatic N) is 1. The zero-order valence-corrected chi connectivity index (χ0v) is 11.1. The van der Waals surface area contributed by atoms with Crippen LogP contribution in [0.5, 0.6) is 0 Å². The summed E-state index contributed by atoms with van der Waals surface area (Å²) < 4.78 is 13.0. The second kappa shape index (κ2) is 6.87. The Morgan fingerprint density at radius 2 is 2.11 bits per heavy atom. The number of carboxylic acids is 1. The van der Waals surface area contributed by atoms with Crippen LogP contribution < -0.4 is 0 Å². The van der Waals surface area contributed by atoms with E-state index in [-0.39, 0.29) is 30.6 Å². The second-order valence-corrected chi connectivity index (χ2v) is 4.79. The molecule has 0 aliphatic heterocycles. The van der Waals surface area contributed by atoms with Crippen molar-refractivity contribution < 1.29 is 19.1 Å². The highest BCUT2D eigenvalue weighted by Crippen LogP contribution is 2.14. The van der Waals surface area contributed by atoms with Crippen LogP contribution in [0.3, 0.4) is 0 Å². The Morgan fingerprint density at radius 3 is 2.68 bits per heavy atom. The van der Waals surface area contributed by atoms with Gasteiger partial charge in [0.1, 0.15) is 12.4 Å². The molecule has 0 saturated heterocycles. The second-order valence-electron chi connectivity index (χ2n) is 4.79. The summed E-state index contributed by atoms with van der Waals surface area (Å²) in [6, 6.07) is 6.27. The lowest BCUT2D eigenvalue weighted by Crippen LogP contribution is -2.33. The lowest BCUT2D eigenvalue weighted by molar-refractivity contribution is -0.143. The first kappa shape index (κ1) is 15.1. The number of hydrogen-bond acceptors (Lipinski definition) is 2. The molecule has 0 bridgehead atoms. The Kier molecular flexibility index (Phi) is 5.48. The fourth-order valence-electron chi connectivity index (χ4n) is 1.88. The van der Waals surface area contributed by atoms with Gasteiger partial charge in [-0.3, -0.25) is 9.59 Å². The number of carboxylic acid groups (broad SMARTS) is 1. The highest BCUT2D eigenvalue weighted by Gasteiger charge is 2.15. The molecule has 19 heavy (non-hydrogen) atoms. The largest absolute Gasteiger partial charge is 0.480 e. The molecule has 5 heteroatoms. The maximum atomic E-state index is 13.0. The molecule has 104 valence electrons. The highest BCUT2D eigenvalue weighted by molar-refractivity contribution is 5.81. The van der Waals surface area contributed by atoms with Crippen molar-refractivity contribution in [3.8, 4) is 0 Å². The van der Waals surface area contributed by atoms with Crippen LogP contribution in [0.15, 0.2) is 24.3 Å². The van der Waals surface area contributed by atoms with Crippen molar-refractivity contribution in [2.75, 3.05) is 13.6 Å². The van der Waals surface area contributed by atoms with Crippen LogP contribution in [0.4, 0.5) is 4.39 Å². The minimum atomic E-state index is -1.03. The Balaban J connectivity index is 2.48. The first-order chi connectivity index (χ1) is 8.88. The lowest BCUT2D eigenvalue weighted by atomic mass is 9.97. The van der Waals surface area contributed by atoms with E-state index in [1.165, 1.54) is 24.1 Å². The zero-order valence-electron chi connectivity index (χ0n) is 11.1. The van der Waals surface area contributed by atoms with Crippen LogP contribution >= 0.6 is 0 Å². The van der Waals surface area contributed by atoms with Gasteiger partial charge in [0.25, 0.3) is 0 Å². The van der Waals surface area contributed by atoms with Crippen molar-refractivity contribution in [2.24, 2.45) is 5.92 Å². The van der Waals surface area contributed by atoms with Crippen molar-refractivity contribution in [1.29, 1.82) is 0 Å². The molecule has 1 unspecified atom stereocenters. The van der Waals surface area contributed by atoms with Crippen molar-refractivity contribution >= 4 is 11.9 Å². The van der Waals surface area contributed by atoms with Gasteiger partial charge in [-0.05, 0) is 30.0 Å². The van der Waals surface area contributed by atoms with Gasteiger partial charge in [0.05, 0.1) is 0 Å². The average molecular weight is 267 g/mol. The van der Waals surface area contributed by atoms with E-state index in [4.69, 9.17) is 5.11 Å². The normalized spacial score (nSPS) is 11.9. The Hall–Kier alpha value is -1.91. The fourth-order valence-corrected chi connectivity index (χ4v) is 1.88. The van der Waals surface area contributed by atoms with Crippen LogP contribution in [0.1, 0.15) is 18.9 Å². The third-order valence-corrected chi connectivity index (χ3v) is 2.79. The van der Waals surface area contributed by atoms with Gasteiger partial charge in [-0.25, -0.2) is 4.39 Å². The minimum Gasteiger partial charge on any atom is -0.480 e. The third-order valence-electron chi connectivity index (χ3n) is 2.79. The quantitative estimate of drug-likeness (QED) is 0.857. The standard InChI is InChI=1S/C14H18FNO3/c1-10(6-11-4-3-5-12(15)8-11)7-13(17)16(2)9-14(18)19/h3-5,8,10H,6-7,9H2,1-2H3,(H,18,19). The number of carbonyl (C=O) groups excluding carboxylic acids is 1. The Morgan fingerprint density at radius 1 is 1.42 bits per heavy atom. The number of aliphatic carboxylic acids is 1. The SMILES string of the molecule is CC(CC(=O)N(C)CC(=O)O)Cc1cccc(F)c1. The van der Waals surface area contributed by atoms with Crippen molar-refractivity contribution in [1.82, 2.24) is 4.90 Å². The Labute approximate surface area is 111 Å². The zero-order chi connectivity index (χ0) is 14.4. The summed E-state index contributed by atoms with van der Waals surface area (Å²) in [5, 5.41) is 8.60. The summed E-state index contributed by atoms with van der Waals surface area (Å²) in [6.07, 6.45) is 0.838. The first-order valence-electron chi connectivity index (χ1n) is 6.08. The molecule has 1 atom stereocenters. The van der Waals surface area contributed by atoms with Gasteiger partial charge in [-0.1, -0.05) is 19.1 Å². The summed E-state index contributed by atoms with van der Waals surface area (Å²) >= 11 is 0. The number of rotatable bonds is 6. The summed E-state index contributed by atoms with van der Waals surface area (Å²) in [7, 11) is 1.46. The van der Waals surface area contributed by atoms with E-state index in [1.807, 2.05) is 13.0 Å². The van der Waals surface area contributed by atoms with Gasteiger partial charge in [0.15, 0.2) is 0 Å². The monoisotopic (exact) mass is 267 g/mol. The van der Waals surface area contributed by atoms with Crippen molar-refractivity contribution in [2.45, 2.75) is 19.8 Å². The van der Waals surface area contributed by atoms with Gasteiger partial charge < -0.3 is 10.0 Å². The molecule has 0 saturated carbocycles. The van der Waals surface area contributed by atoms with Gasteiger partial charge >= 0.3 is 5.97 Å². The highest BCUT2D eigenvalue weighted by atomic mass is 19.1. The van der Waals surface area contributed by atoms with Crippen molar-refractivity contribution in [3.05, 3.63) is 35.6 Å². The number of amides is 1. The predicted molar refractivity (Wildman–Crippen MR) is 69.2 cm³/mol. The molecule has 0 aliphatic rings. The number of hydrogen-bond donors (Lipinski definition) is 1. The maximum Gasteiger partial charge on any atom is 0.323 e. The summed E-state index contributed by atoms with van der Waals surface area (Å²) in [4.78, 5) is 23.4. The lowest BCUT2D eigenvalue weighted by Gasteiger charge is -2.17. The Bertz CT molecular complexity index is 462. The van der Waals surface area contributed by atoms with E-state index in [2.05, 4.69) is 0 Å². The molecule has 0 spiro atoms. The van der Waals surface area contributed by atoms with Crippen molar-refractivity contribution in [3.63, 3.8) is 0 Å². The average Bonchev–Trinajstić information content (AvgIpc) is 2.27. The van der Waals surface area contributed by atoms with Crippen LogP contribution in [-0.2, 0) is 16.0 Å². The third kappa shape index (κ3) is 5.50. The molecule has 1 aromatic carbocycles. The maximum absolute atomic E-state index is 13.0. The van der Waals surface area contributed by atoms with Crippen LogP contribution in [-0.4, -0.2) is 35.5 Å². The van der Waals surface area contributed by atoms with Gasteiger partial charge in [-0.15, -0.1) is 0 Å². The van der Waals surface area contributed by atoms with Gasteiger partial charge in [0, 0.05) is 13.5 Å². The molecule has 0 radical (unpaired) electrons. The molecule has 0 aliphatic carbocycles. The van der Waals surface area contributed by atoms with E-state index in [9.17, 15) is 14.0 Å². The molecule has 0 aromatic heterocycles. The van der Waals surface area contributed by atoms with Crippen LogP contribution in [0, 0.1) is 11.7 Å². The predicted octanol–water partition coefficient (Wildman–Crippen LogP) is 1.94. The molecule has 1 amide bonds. The van der Waals surface area contributed by atoms with E-state index in [0.717, 1.165) is 5.56 Å². The summed E-state index contributed by atoms with van der Waals surface area (Å²) in [5.74, 6) is -1.51. The van der Waals surface area contributed by atoms with Crippen LogP contribution in [0.25, 0.3) is 0 Å². The number of halogens is 1. The molecular formula is C14H18FNO3. The number of carbonyl (C=O) groups is 2. The number of likely N-dealkylation sites (N-methyl/N-ethyl adjacent to an activating group) is 1. The van der Waals surface area contributed by atoms with E-state index >= 15 is 0 Å². The topological polar surface area (TPSA) is 57.6 Å². The fraction of sp³-hybridized carbons (Fsp3) is 0.429. The molecule has 1 aromatic rings. The summed E-state index contributed by atoms with van der Waals surface area (Å²) in [5.41, 5.74) is 0.834. The minimum absolute atomic E-state index is 0.0329.